The van der Waals surface area contributed by atoms with Crippen molar-refractivity contribution in [3.8, 4) is 11.5 Å². The van der Waals surface area contributed by atoms with Gasteiger partial charge in [0.15, 0.2) is 11.6 Å². The third-order valence-corrected chi connectivity index (χ3v) is 10.9. The van der Waals surface area contributed by atoms with E-state index in [1.165, 1.54) is 20.3 Å². The molecule has 0 radical (unpaired) electrons. The number of esters is 1. The van der Waals surface area contributed by atoms with Gasteiger partial charge < -0.3 is 35.1 Å². The Morgan fingerprint density at radius 2 is 1.60 bits per heavy atom. The summed E-state index contributed by atoms with van der Waals surface area (Å²) in [5.74, 6) is -6.44. The van der Waals surface area contributed by atoms with Crippen LogP contribution in [0.15, 0.2) is 41.3 Å². The van der Waals surface area contributed by atoms with Crippen molar-refractivity contribution in [3.05, 3.63) is 47.8 Å². The number of hydrogen-bond acceptors (Lipinski definition) is 10. The molecule has 0 aliphatic heterocycles. The Morgan fingerprint density at radius 3 is 2.23 bits per heavy atom. The number of benzene rings is 2. The second kappa shape index (κ2) is 13.5. The minimum atomic E-state index is -5.71. The molecule has 3 aliphatic rings. The first-order chi connectivity index (χ1) is 22.6. The van der Waals surface area contributed by atoms with E-state index in [1.54, 1.807) is 0 Å². The molecule has 2 aromatic carbocycles. The first-order valence-electron chi connectivity index (χ1n) is 15.1. The van der Waals surface area contributed by atoms with Gasteiger partial charge in [0.1, 0.15) is 5.75 Å². The summed E-state index contributed by atoms with van der Waals surface area (Å²) in [5, 5.41) is 26.3. The number of ether oxygens (including phenoxy) is 3. The third-order valence-electron chi connectivity index (χ3n) is 9.40. The van der Waals surface area contributed by atoms with Gasteiger partial charge in [-0.1, -0.05) is 6.07 Å². The fourth-order valence-electron chi connectivity index (χ4n) is 6.97. The second-order valence-electron chi connectivity index (χ2n) is 12.1. The fourth-order valence-corrected chi connectivity index (χ4v) is 7.78. The van der Waals surface area contributed by atoms with Crippen molar-refractivity contribution in [2.45, 2.75) is 66.9 Å². The first kappa shape index (κ1) is 35.3. The number of amides is 2. The first-order valence-corrected chi connectivity index (χ1v) is 16.6. The van der Waals surface area contributed by atoms with Gasteiger partial charge in [0.05, 0.1) is 54.8 Å². The topological polar surface area (TPSA) is 178 Å². The number of carbonyl (C=O) groups is 3. The molecule has 2 amide bonds. The van der Waals surface area contributed by atoms with Gasteiger partial charge in [-0.2, -0.15) is 13.2 Å². The van der Waals surface area contributed by atoms with Crippen LogP contribution in [0.1, 0.15) is 42.5 Å². The second-order valence-corrected chi connectivity index (χ2v) is 14.1. The lowest BCUT2D eigenvalue weighted by Crippen LogP contribution is -2.55. The van der Waals surface area contributed by atoms with Crippen molar-refractivity contribution in [2.24, 2.45) is 23.7 Å². The van der Waals surface area contributed by atoms with Crippen LogP contribution >= 0.6 is 0 Å². The molecular weight excluding hydrogens is 668 g/mol. The lowest BCUT2D eigenvalue weighted by molar-refractivity contribution is -0.147. The van der Waals surface area contributed by atoms with Crippen molar-refractivity contribution in [1.29, 1.82) is 0 Å². The maximum Gasteiger partial charge on any atom is 0.501 e. The zero-order valence-electron chi connectivity index (χ0n) is 25.7. The van der Waals surface area contributed by atoms with E-state index in [0.717, 1.165) is 24.3 Å². The molecule has 0 heterocycles. The molecular formula is C31H34F4N2O10S. The summed E-state index contributed by atoms with van der Waals surface area (Å²) in [7, 11) is -3.21. The average molecular weight is 703 g/mol. The van der Waals surface area contributed by atoms with E-state index < -0.39 is 80.0 Å². The summed E-state index contributed by atoms with van der Waals surface area (Å²) in [6.07, 6.45) is -1.23. The zero-order chi connectivity index (χ0) is 35.1. The normalized spacial score (nSPS) is 28.4. The summed E-state index contributed by atoms with van der Waals surface area (Å²) in [5.41, 5.74) is -6.03. The Kier molecular flexibility index (Phi) is 9.95. The van der Waals surface area contributed by atoms with Crippen LogP contribution in [-0.2, 0) is 24.2 Å². The monoisotopic (exact) mass is 702 g/mol. The van der Waals surface area contributed by atoms with Gasteiger partial charge in [-0.05, 0) is 56.4 Å². The molecule has 5 rings (SSSR count). The summed E-state index contributed by atoms with van der Waals surface area (Å²) in [6.45, 7) is 0. The molecule has 0 saturated heterocycles. The minimum Gasteiger partial charge on any atom is -0.496 e. The molecule has 48 heavy (non-hydrogen) atoms. The smallest absolute Gasteiger partial charge is 0.496 e. The van der Waals surface area contributed by atoms with Crippen LogP contribution in [0.4, 0.5) is 23.2 Å². The van der Waals surface area contributed by atoms with E-state index in [-0.39, 0.29) is 41.1 Å². The molecule has 3 aliphatic carbocycles. The number of anilines is 1. The molecule has 0 aromatic heterocycles. The Hall–Kier alpha value is -3.96. The number of hydrogen-bond donors (Lipinski definition) is 4. The summed E-state index contributed by atoms with van der Waals surface area (Å²) >= 11 is 0. The molecule has 17 heteroatoms. The van der Waals surface area contributed by atoms with Crippen LogP contribution in [-0.4, -0.2) is 80.5 Å². The van der Waals surface area contributed by atoms with Gasteiger partial charge in [-0.15, -0.1) is 0 Å². The van der Waals surface area contributed by atoms with Gasteiger partial charge in [0.25, 0.3) is 15.7 Å². The maximum absolute atomic E-state index is 15.0. The van der Waals surface area contributed by atoms with Crippen molar-refractivity contribution < 1.29 is 64.8 Å². The Bertz CT molecular complexity index is 1680. The van der Waals surface area contributed by atoms with Gasteiger partial charge in [-0.3, -0.25) is 14.4 Å². The molecule has 6 unspecified atom stereocenters. The molecule has 2 bridgehead atoms. The molecule has 2 aromatic rings. The number of aliphatic hydroxyl groups excluding tert-OH is 2. The van der Waals surface area contributed by atoms with Crippen molar-refractivity contribution in [1.82, 2.24) is 5.32 Å². The number of aliphatic hydroxyl groups is 2. The van der Waals surface area contributed by atoms with Crippen LogP contribution in [0.3, 0.4) is 0 Å². The highest BCUT2D eigenvalue weighted by molar-refractivity contribution is 7.92. The highest BCUT2D eigenvalue weighted by Gasteiger charge is 2.60. The predicted molar refractivity (Wildman–Crippen MR) is 158 cm³/mol. The lowest BCUT2D eigenvalue weighted by Gasteiger charge is -2.36. The highest BCUT2D eigenvalue weighted by atomic mass is 32.2. The van der Waals surface area contributed by atoms with Crippen molar-refractivity contribution in [2.75, 3.05) is 19.5 Å². The summed E-state index contributed by atoms with van der Waals surface area (Å²) < 4.78 is 94.0. The van der Waals surface area contributed by atoms with Crippen molar-refractivity contribution in [3.63, 3.8) is 0 Å². The fraction of sp³-hybridized carbons (Fsp3) is 0.516. The van der Waals surface area contributed by atoms with Crippen LogP contribution in [0, 0.1) is 29.5 Å². The number of sulfone groups is 1. The minimum absolute atomic E-state index is 0.108. The Morgan fingerprint density at radius 1 is 0.938 bits per heavy atom. The van der Waals surface area contributed by atoms with E-state index in [2.05, 4.69) is 10.6 Å². The van der Waals surface area contributed by atoms with E-state index in [0.29, 0.717) is 31.7 Å². The maximum atomic E-state index is 15.0. The van der Waals surface area contributed by atoms with Gasteiger partial charge in [0, 0.05) is 29.6 Å². The summed E-state index contributed by atoms with van der Waals surface area (Å²) in [4.78, 5) is 37.9. The average Bonchev–Trinajstić information content (AvgIpc) is 3.56. The third kappa shape index (κ3) is 6.67. The Balaban J connectivity index is 1.36. The van der Waals surface area contributed by atoms with E-state index in [1.807, 2.05) is 0 Å². The Labute approximate surface area is 272 Å². The van der Waals surface area contributed by atoms with Crippen molar-refractivity contribution >= 4 is 33.3 Å². The number of nitrogens with one attached hydrogen (secondary N) is 2. The quantitative estimate of drug-likeness (QED) is 0.225. The number of methoxy groups -OCH3 is 2. The van der Waals surface area contributed by atoms with E-state index in [4.69, 9.17) is 14.2 Å². The van der Waals surface area contributed by atoms with Gasteiger partial charge in [-0.25, -0.2) is 12.8 Å². The molecule has 3 fully saturated rings. The van der Waals surface area contributed by atoms with Gasteiger partial charge in [0.2, 0.25) is 5.91 Å². The number of halogens is 4. The number of carbonyl (C=O) groups excluding carboxylic acids is 3. The molecule has 3 saturated carbocycles. The SMILES string of the molecule is COC(=O)C1CCC(Oc2cc(C(=O)NC3C4CC(C(O)C4O)C3C(=O)Nc3cccc(S(=O)(=O)C(F)(F)F)c3)c(OC)cc2F)CC1. The molecule has 6 atom stereocenters. The van der Waals surface area contributed by atoms with Crippen LogP contribution in [0.5, 0.6) is 11.5 Å². The highest BCUT2D eigenvalue weighted by Crippen LogP contribution is 2.49. The van der Waals surface area contributed by atoms with Gasteiger partial charge >= 0.3 is 11.5 Å². The number of alkyl halides is 3. The van der Waals surface area contributed by atoms with Crippen LogP contribution in [0.25, 0.3) is 0 Å². The van der Waals surface area contributed by atoms with E-state index >= 15 is 4.39 Å². The zero-order valence-corrected chi connectivity index (χ0v) is 26.5. The predicted octanol–water partition coefficient (Wildman–Crippen LogP) is 2.96. The molecule has 0 spiro atoms. The summed E-state index contributed by atoms with van der Waals surface area (Å²) in [6, 6.07) is 4.53. The molecule has 4 N–H and O–H groups in total. The molecule has 12 nitrogen and oxygen atoms in total. The van der Waals surface area contributed by atoms with Crippen LogP contribution in [0.2, 0.25) is 0 Å². The standard InChI is InChI=1S/C31H34F4N2O10S/c1-45-22-13-21(32)23(47-16-8-6-14(7-9-16)30(42)46-2)12-18(22)28(40)37-25-20-11-19(26(38)27(20)39)24(25)29(41)36-15-4-3-5-17(10-15)48(43,44)31(33,34)35/h3-5,10,12-14,16,19-20,24-27,38-39H,6-9,11H2,1-2H3,(H,36,41)(H,37,40). The lowest BCUT2D eigenvalue weighted by atomic mass is 9.80. The van der Waals surface area contributed by atoms with Crippen LogP contribution < -0.4 is 20.1 Å². The van der Waals surface area contributed by atoms with E-state index in [9.17, 15) is 46.2 Å². The molecule has 262 valence electrons. The number of rotatable bonds is 9. The largest absolute Gasteiger partial charge is 0.501 e. The number of fused-ring (bicyclic) bond motifs is 2.